The molecule has 0 bridgehead atoms. The molecule has 0 saturated carbocycles. The zero-order valence-corrected chi connectivity index (χ0v) is 13.1. The van der Waals surface area contributed by atoms with Crippen LogP contribution in [-0.4, -0.2) is 42.9 Å². The van der Waals surface area contributed by atoms with Crippen molar-refractivity contribution in [3.8, 4) is 0 Å². The Hall–Kier alpha value is -0.610. The van der Waals surface area contributed by atoms with Gasteiger partial charge in [0, 0.05) is 24.7 Å². The highest BCUT2D eigenvalue weighted by atomic mass is 35.5. The normalized spacial score (nSPS) is 20.1. The number of rotatable bonds is 5. The van der Waals surface area contributed by atoms with Crippen LogP contribution in [0.1, 0.15) is 25.8 Å². The van der Waals surface area contributed by atoms with E-state index >= 15 is 0 Å². The van der Waals surface area contributed by atoms with E-state index in [1.54, 1.807) is 0 Å². The molecule has 0 aliphatic carbocycles. The maximum Gasteiger partial charge on any atom is 0.0931 e. The SMILES string of the molecule is CC(C)C(O)(CCN1CCOCC1)c1ccc(Cl)cc1. The summed E-state index contributed by atoms with van der Waals surface area (Å²) in [6, 6.07) is 7.56. The molecule has 1 aromatic rings. The quantitative estimate of drug-likeness (QED) is 0.907. The third kappa shape index (κ3) is 3.73. The Labute approximate surface area is 126 Å². The van der Waals surface area contributed by atoms with E-state index in [0.29, 0.717) is 5.02 Å². The molecular formula is C16H24ClNO2. The molecule has 1 unspecified atom stereocenters. The summed E-state index contributed by atoms with van der Waals surface area (Å²) < 4.78 is 5.36. The summed E-state index contributed by atoms with van der Waals surface area (Å²) in [4.78, 5) is 2.35. The van der Waals surface area contributed by atoms with Crippen molar-refractivity contribution < 1.29 is 9.84 Å². The Kier molecular flexibility index (Phi) is 5.44. The lowest BCUT2D eigenvalue weighted by atomic mass is 9.80. The van der Waals surface area contributed by atoms with Gasteiger partial charge in [-0.25, -0.2) is 0 Å². The maximum absolute atomic E-state index is 11.1. The van der Waals surface area contributed by atoms with Crippen LogP contribution >= 0.6 is 11.6 Å². The number of morpholine rings is 1. The van der Waals surface area contributed by atoms with E-state index in [0.717, 1.165) is 44.8 Å². The van der Waals surface area contributed by atoms with Crippen molar-refractivity contribution >= 4 is 11.6 Å². The molecule has 1 N–H and O–H groups in total. The highest BCUT2D eigenvalue weighted by Crippen LogP contribution is 2.34. The monoisotopic (exact) mass is 297 g/mol. The molecule has 0 radical (unpaired) electrons. The van der Waals surface area contributed by atoms with E-state index in [-0.39, 0.29) is 5.92 Å². The second kappa shape index (κ2) is 6.90. The number of halogens is 1. The summed E-state index contributed by atoms with van der Waals surface area (Å²) >= 11 is 5.94. The highest BCUT2D eigenvalue weighted by Gasteiger charge is 2.33. The Morgan fingerprint density at radius 3 is 2.40 bits per heavy atom. The van der Waals surface area contributed by atoms with Gasteiger partial charge in [0.1, 0.15) is 0 Å². The average molecular weight is 298 g/mol. The number of nitrogens with zero attached hydrogens (tertiary/aromatic N) is 1. The van der Waals surface area contributed by atoms with E-state index < -0.39 is 5.60 Å². The van der Waals surface area contributed by atoms with E-state index in [1.807, 2.05) is 24.3 Å². The predicted molar refractivity (Wildman–Crippen MR) is 82.1 cm³/mol. The van der Waals surface area contributed by atoms with Gasteiger partial charge in [-0.3, -0.25) is 4.90 Å². The standard InChI is InChI=1S/C16H24ClNO2/c1-13(2)16(19,14-3-5-15(17)6-4-14)7-8-18-9-11-20-12-10-18/h3-6,13,19H,7-12H2,1-2H3. The van der Waals surface area contributed by atoms with Crippen molar-refractivity contribution in [1.29, 1.82) is 0 Å². The zero-order valence-electron chi connectivity index (χ0n) is 12.3. The van der Waals surface area contributed by atoms with Crippen molar-refractivity contribution in [2.75, 3.05) is 32.8 Å². The summed E-state index contributed by atoms with van der Waals surface area (Å²) in [6.45, 7) is 8.51. The molecule has 0 amide bonds. The van der Waals surface area contributed by atoms with Crippen molar-refractivity contribution in [2.45, 2.75) is 25.9 Å². The summed E-state index contributed by atoms with van der Waals surface area (Å²) in [6.07, 6.45) is 0.728. The van der Waals surface area contributed by atoms with E-state index in [4.69, 9.17) is 16.3 Å². The Morgan fingerprint density at radius 2 is 1.85 bits per heavy atom. The fraction of sp³-hybridized carbons (Fsp3) is 0.625. The number of hydrogen-bond acceptors (Lipinski definition) is 3. The first-order valence-corrected chi connectivity index (χ1v) is 7.68. The minimum Gasteiger partial charge on any atom is -0.385 e. The molecule has 4 heteroatoms. The number of aliphatic hydroxyl groups is 1. The molecule has 1 fully saturated rings. The summed E-state index contributed by atoms with van der Waals surface area (Å²) in [7, 11) is 0. The second-order valence-corrected chi connectivity index (χ2v) is 6.23. The third-order valence-corrected chi connectivity index (χ3v) is 4.46. The maximum atomic E-state index is 11.1. The smallest absolute Gasteiger partial charge is 0.0931 e. The van der Waals surface area contributed by atoms with Crippen LogP contribution in [0.15, 0.2) is 24.3 Å². The molecule has 1 aromatic carbocycles. The summed E-state index contributed by atoms with van der Waals surface area (Å²) in [5.74, 6) is 0.157. The summed E-state index contributed by atoms with van der Waals surface area (Å²) in [5.41, 5.74) is 0.147. The summed E-state index contributed by atoms with van der Waals surface area (Å²) in [5, 5.41) is 11.8. The lowest BCUT2D eigenvalue weighted by Crippen LogP contribution is -2.41. The van der Waals surface area contributed by atoms with E-state index in [9.17, 15) is 5.11 Å². The third-order valence-electron chi connectivity index (χ3n) is 4.21. The van der Waals surface area contributed by atoms with Gasteiger partial charge in [-0.2, -0.15) is 0 Å². The molecule has 1 saturated heterocycles. The minimum atomic E-state index is -0.803. The molecule has 3 nitrogen and oxygen atoms in total. The molecule has 0 spiro atoms. The van der Waals surface area contributed by atoms with Crippen LogP contribution in [-0.2, 0) is 10.3 Å². The van der Waals surface area contributed by atoms with Crippen LogP contribution in [0, 0.1) is 5.92 Å². The average Bonchev–Trinajstić information content (AvgIpc) is 2.46. The van der Waals surface area contributed by atoms with Crippen molar-refractivity contribution in [3.63, 3.8) is 0 Å². The fourth-order valence-corrected chi connectivity index (χ4v) is 2.78. The van der Waals surface area contributed by atoms with Gasteiger partial charge in [-0.1, -0.05) is 37.6 Å². The second-order valence-electron chi connectivity index (χ2n) is 5.79. The van der Waals surface area contributed by atoms with Gasteiger partial charge in [0.15, 0.2) is 0 Å². The highest BCUT2D eigenvalue weighted by molar-refractivity contribution is 6.30. The zero-order chi connectivity index (χ0) is 14.6. The topological polar surface area (TPSA) is 32.7 Å². The van der Waals surface area contributed by atoms with Crippen LogP contribution in [0.2, 0.25) is 5.02 Å². The van der Waals surface area contributed by atoms with Crippen molar-refractivity contribution in [1.82, 2.24) is 4.90 Å². The van der Waals surface area contributed by atoms with Crippen molar-refractivity contribution in [2.24, 2.45) is 5.92 Å². The number of benzene rings is 1. The van der Waals surface area contributed by atoms with Crippen LogP contribution in [0.3, 0.4) is 0 Å². The lowest BCUT2D eigenvalue weighted by molar-refractivity contribution is -0.0358. The van der Waals surface area contributed by atoms with Gasteiger partial charge in [0.25, 0.3) is 0 Å². The van der Waals surface area contributed by atoms with Crippen LogP contribution in [0.4, 0.5) is 0 Å². The van der Waals surface area contributed by atoms with Crippen LogP contribution in [0.5, 0.6) is 0 Å². The van der Waals surface area contributed by atoms with E-state index in [1.165, 1.54) is 0 Å². The van der Waals surface area contributed by atoms with Crippen molar-refractivity contribution in [3.05, 3.63) is 34.9 Å². The van der Waals surface area contributed by atoms with Crippen LogP contribution in [0.25, 0.3) is 0 Å². The molecule has 0 aromatic heterocycles. The number of ether oxygens (including phenoxy) is 1. The molecule has 20 heavy (non-hydrogen) atoms. The Bertz CT molecular complexity index is 415. The Morgan fingerprint density at radius 1 is 1.25 bits per heavy atom. The van der Waals surface area contributed by atoms with Crippen LogP contribution < -0.4 is 0 Å². The largest absolute Gasteiger partial charge is 0.385 e. The first-order chi connectivity index (χ1) is 9.52. The molecule has 1 heterocycles. The minimum absolute atomic E-state index is 0.157. The van der Waals surface area contributed by atoms with Gasteiger partial charge in [-0.15, -0.1) is 0 Å². The molecule has 1 atom stereocenters. The Balaban J connectivity index is 2.06. The van der Waals surface area contributed by atoms with Gasteiger partial charge in [0.05, 0.1) is 18.8 Å². The lowest BCUT2D eigenvalue weighted by Gasteiger charge is -2.36. The van der Waals surface area contributed by atoms with E-state index in [2.05, 4.69) is 18.7 Å². The first kappa shape index (κ1) is 15.8. The predicted octanol–water partition coefficient (Wildman–Crippen LogP) is 2.91. The molecular weight excluding hydrogens is 274 g/mol. The van der Waals surface area contributed by atoms with Gasteiger partial charge in [-0.05, 0) is 30.0 Å². The fourth-order valence-electron chi connectivity index (χ4n) is 2.66. The van der Waals surface area contributed by atoms with Gasteiger partial charge < -0.3 is 9.84 Å². The van der Waals surface area contributed by atoms with Gasteiger partial charge in [0.2, 0.25) is 0 Å². The molecule has 112 valence electrons. The first-order valence-electron chi connectivity index (χ1n) is 7.31. The van der Waals surface area contributed by atoms with Gasteiger partial charge >= 0.3 is 0 Å². The molecule has 1 aliphatic rings. The number of hydrogen-bond donors (Lipinski definition) is 1. The molecule has 1 aliphatic heterocycles. The molecule has 2 rings (SSSR count).